The molecule has 100 valence electrons. The number of benzene rings is 1. The molecule has 2 N–H and O–H groups in total. The van der Waals surface area contributed by atoms with Gasteiger partial charge in [0.05, 0.1) is 12.7 Å². The molecule has 7 heteroatoms. The number of thiophene rings is 1. The van der Waals surface area contributed by atoms with Crippen LogP contribution in [0.1, 0.15) is 10.4 Å². The third kappa shape index (κ3) is 2.83. The first-order valence-corrected chi connectivity index (χ1v) is 7.58. The van der Waals surface area contributed by atoms with E-state index in [0.717, 1.165) is 21.8 Å². The molecule has 0 aliphatic heterocycles. The van der Waals surface area contributed by atoms with Gasteiger partial charge < -0.3 is 4.74 Å². The number of nitrogens with two attached hydrogens (primary N) is 1. The molecule has 0 bridgehead atoms. The molecule has 19 heavy (non-hydrogen) atoms. The fourth-order valence-electron chi connectivity index (χ4n) is 1.61. The van der Waals surface area contributed by atoms with E-state index in [1.54, 1.807) is 24.3 Å². The summed E-state index contributed by atoms with van der Waals surface area (Å²) in [7, 11) is -2.22. The Bertz CT molecular complexity index is 719. The number of sulfonamides is 1. The van der Waals surface area contributed by atoms with Gasteiger partial charge in [0.1, 0.15) is 9.96 Å². The fourth-order valence-corrected chi connectivity index (χ4v) is 3.33. The topological polar surface area (TPSA) is 86.5 Å². The Morgan fingerprint density at radius 1 is 1.26 bits per heavy atom. The third-order valence-corrected chi connectivity index (χ3v) is 5.08. The lowest BCUT2D eigenvalue weighted by Gasteiger charge is -2.05. The molecule has 0 unspecified atom stereocenters. The zero-order valence-electron chi connectivity index (χ0n) is 9.99. The fraction of sp³-hybridized carbons (Fsp3) is 0.0833. The van der Waals surface area contributed by atoms with E-state index in [9.17, 15) is 13.2 Å². The highest BCUT2D eigenvalue weighted by Crippen LogP contribution is 2.32. The van der Waals surface area contributed by atoms with E-state index in [1.165, 1.54) is 13.2 Å². The number of methoxy groups -OCH3 is 1. The third-order valence-electron chi connectivity index (χ3n) is 2.50. The average molecular weight is 297 g/mol. The molecule has 0 atom stereocenters. The summed E-state index contributed by atoms with van der Waals surface area (Å²) in [5, 5.41) is 5.06. The van der Waals surface area contributed by atoms with E-state index in [4.69, 9.17) is 9.88 Å². The molecule has 0 aliphatic rings. The van der Waals surface area contributed by atoms with Crippen LogP contribution in [0.5, 0.6) is 5.75 Å². The maximum atomic E-state index is 11.2. The van der Waals surface area contributed by atoms with Crippen LogP contribution < -0.4 is 9.88 Å². The molecule has 0 saturated heterocycles. The van der Waals surface area contributed by atoms with Crippen molar-refractivity contribution in [2.75, 3.05) is 7.11 Å². The van der Waals surface area contributed by atoms with Crippen molar-refractivity contribution >= 4 is 27.6 Å². The summed E-state index contributed by atoms with van der Waals surface area (Å²) in [6.45, 7) is 0. The highest BCUT2D eigenvalue weighted by molar-refractivity contribution is 7.91. The molecule has 1 heterocycles. The Balaban J connectivity index is 2.48. The Labute approximate surface area is 114 Å². The Hall–Kier alpha value is -1.70. The van der Waals surface area contributed by atoms with Crippen LogP contribution >= 0.6 is 11.3 Å². The summed E-state index contributed by atoms with van der Waals surface area (Å²) in [6, 6.07) is 8.16. The van der Waals surface area contributed by atoms with E-state index >= 15 is 0 Å². The maximum absolute atomic E-state index is 11.2. The molecule has 5 nitrogen and oxygen atoms in total. The molecule has 0 radical (unpaired) electrons. The van der Waals surface area contributed by atoms with Crippen molar-refractivity contribution in [2.24, 2.45) is 5.14 Å². The summed E-state index contributed by atoms with van der Waals surface area (Å²) in [5.74, 6) is 0.474. The summed E-state index contributed by atoms with van der Waals surface area (Å²) < 4.78 is 27.6. The highest BCUT2D eigenvalue weighted by atomic mass is 32.2. The number of carbonyl (C=O) groups excluding carboxylic acids is 1. The second-order valence-electron chi connectivity index (χ2n) is 3.74. The van der Waals surface area contributed by atoms with E-state index in [2.05, 4.69) is 0 Å². The molecular weight excluding hydrogens is 286 g/mol. The Morgan fingerprint density at radius 2 is 2.00 bits per heavy atom. The van der Waals surface area contributed by atoms with Crippen LogP contribution in [0.25, 0.3) is 10.4 Å². The van der Waals surface area contributed by atoms with Gasteiger partial charge in [-0.3, -0.25) is 4.79 Å². The van der Waals surface area contributed by atoms with Crippen LogP contribution in [0.2, 0.25) is 0 Å². The van der Waals surface area contributed by atoms with Crippen LogP contribution in [0.3, 0.4) is 0 Å². The minimum Gasteiger partial charge on any atom is -0.496 e. The predicted octanol–water partition coefficient (Wildman–Crippen LogP) is 1.88. The van der Waals surface area contributed by atoms with Crippen molar-refractivity contribution < 1.29 is 17.9 Å². The van der Waals surface area contributed by atoms with Crippen LogP contribution in [0.4, 0.5) is 0 Å². The first-order valence-electron chi connectivity index (χ1n) is 5.22. The Kier molecular flexibility index (Phi) is 3.70. The lowest BCUT2D eigenvalue weighted by atomic mass is 10.1. The molecule has 2 aromatic rings. The summed E-state index contributed by atoms with van der Waals surface area (Å²) in [5.41, 5.74) is 1.15. The predicted molar refractivity (Wildman–Crippen MR) is 73.1 cm³/mol. The number of carbonyl (C=O) groups is 1. The minimum absolute atomic E-state index is 0.0889. The number of hydrogen-bond donors (Lipinski definition) is 1. The van der Waals surface area contributed by atoms with Gasteiger partial charge in [-0.2, -0.15) is 0 Å². The second kappa shape index (κ2) is 5.12. The monoisotopic (exact) mass is 297 g/mol. The molecule has 0 saturated carbocycles. The molecule has 2 rings (SSSR count). The number of hydrogen-bond acceptors (Lipinski definition) is 5. The van der Waals surface area contributed by atoms with Crippen LogP contribution in [0, 0.1) is 0 Å². The highest BCUT2D eigenvalue weighted by Gasteiger charge is 2.13. The Morgan fingerprint density at radius 3 is 2.53 bits per heavy atom. The van der Waals surface area contributed by atoms with Gasteiger partial charge in [-0.25, -0.2) is 13.6 Å². The molecule has 1 aromatic heterocycles. The van der Waals surface area contributed by atoms with E-state index in [0.29, 0.717) is 17.6 Å². The summed E-state index contributed by atoms with van der Waals surface area (Å²) in [4.78, 5) is 11.7. The van der Waals surface area contributed by atoms with Crippen LogP contribution in [0.15, 0.2) is 34.5 Å². The smallest absolute Gasteiger partial charge is 0.247 e. The maximum Gasteiger partial charge on any atom is 0.247 e. The lowest BCUT2D eigenvalue weighted by Crippen LogP contribution is -2.09. The number of ether oxygens (including phenoxy) is 1. The van der Waals surface area contributed by atoms with E-state index < -0.39 is 10.0 Å². The zero-order chi connectivity index (χ0) is 14.0. The first-order chi connectivity index (χ1) is 8.95. The molecular formula is C12H11NO4S2. The summed E-state index contributed by atoms with van der Waals surface area (Å²) in [6.07, 6.45) is 0.691. The lowest BCUT2D eigenvalue weighted by molar-refractivity contribution is 0.112. The van der Waals surface area contributed by atoms with Gasteiger partial charge in [0.25, 0.3) is 0 Å². The molecule has 0 fully saturated rings. The normalized spacial score (nSPS) is 11.3. The van der Waals surface area contributed by atoms with Gasteiger partial charge in [-0.1, -0.05) is 0 Å². The molecule has 0 spiro atoms. The average Bonchev–Trinajstić information content (AvgIpc) is 2.87. The van der Waals surface area contributed by atoms with Crippen molar-refractivity contribution in [1.82, 2.24) is 0 Å². The minimum atomic E-state index is -3.69. The zero-order valence-corrected chi connectivity index (χ0v) is 11.6. The van der Waals surface area contributed by atoms with Crippen LogP contribution in [-0.2, 0) is 10.0 Å². The van der Waals surface area contributed by atoms with E-state index in [-0.39, 0.29) is 4.21 Å². The number of primary sulfonamides is 1. The van der Waals surface area contributed by atoms with Gasteiger partial charge in [0.2, 0.25) is 10.0 Å². The number of rotatable bonds is 4. The van der Waals surface area contributed by atoms with Gasteiger partial charge >= 0.3 is 0 Å². The van der Waals surface area contributed by atoms with E-state index in [1.807, 2.05) is 0 Å². The first kappa shape index (κ1) is 13.7. The standard InChI is InChI=1S/C12H11NO4S2/c1-17-10-3-2-8(6-9(10)7-14)11-4-5-12(18-11)19(13,15)16/h2-7H,1H3,(H2,13,15,16). The van der Waals surface area contributed by atoms with Crippen molar-refractivity contribution in [3.8, 4) is 16.2 Å². The molecule has 0 amide bonds. The second-order valence-corrected chi connectivity index (χ2v) is 6.61. The largest absolute Gasteiger partial charge is 0.496 e. The van der Waals surface area contributed by atoms with Crippen molar-refractivity contribution in [1.29, 1.82) is 0 Å². The van der Waals surface area contributed by atoms with Gasteiger partial charge in [-0.05, 0) is 35.9 Å². The number of aldehydes is 1. The quantitative estimate of drug-likeness (QED) is 0.873. The molecule has 0 aliphatic carbocycles. The van der Waals surface area contributed by atoms with Gasteiger partial charge in [-0.15, -0.1) is 11.3 Å². The van der Waals surface area contributed by atoms with Gasteiger partial charge in [0.15, 0.2) is 6.29 Å². The van der Waals surface area contributed by atoms with Crippen molar-refractivity contribution in [3.05, 3.63) is 35.9 Å². The summed E-state index contributed by atoms with van der Waals surface area (Å²) >= 11 is 1.06. The van der Waals surface area contributed by atoms with Gasteiger partial charge in [0, 0.05) is 4.88 Å². The SMILES string of the molecule is COc1ccc(-c2ccc(S(N)(=O)=O)s2)cc1C=O. The molecule has 1 aromatic carbocycles. The van der Waals surface area contributed by atoms with Crippen LogP contribution in [-0.4, -0.2) is 21.8 Å². The van der Waals surface area contributed by atoms with Crippen molar-refractivity contribution in [3.63, 3.8) is 0 Å². The van der Waals surface area contributed by atoms with Crippen molar-refractivity contribution in [2.45, 2.75) is 4.21 Å².